The second-order valence-corrected chi connectivity index (χ2v) is 3.55. The van der Waals surface area contributed by atoms with Crippen molar-refractivity contribution in [3.05, 3.63) is 11.3 Å². The molecule has 0 saturated carbocycles. The zero-order valence-corrected chi connectivity index (χ0v) is 9.17. The highest BCUT2D eigenvalue weighted by Gasteiger charge is 2.18. The van der Waals surface area contributed by atoms with E-state index in [1.807, 2.05) is 0 Å². The van der Waals surface area contributed by atoms with Gasteiger partial charge in [0.15, 0.2) is 0 Å². The van der Waals surface area contributed by atoms with Crippen molar-refractivity contribution in [2.24, 2.45) is 0 Å². The largest absolute Gasteiger partial charge is 0.469 e. The standard InChI is InChI=1S/C11H16O4/c1-8(12)15-10-5-3-4-9(10)6-7-11(13)14-2/h3-7H2,1-2H3. The molecule has 0 aliphatic heterocycles. The molecule has 0 aromatic rings. The van der Waals surface area contributed by atoms with E-state index in [0.717, 1.165) is 30.6 Å². The van der Waals surface area contributed by atoms with Crippen LogP contribution < -0.4 is 0 Å². The second-order valence-electron chi connectivity index (χ2n) is 3.55. The second kappa shape index (κ2) is 5.53. The van der Waals surface area contributed by atoms with Crippen LogP contribution in [0.5, 0.6) is 0 Å². The Morgan fingerprint density at radius 2 is 2.07 bits per heavy atom. The molecular weight excluding hydrogens is 196 g/mol. The van der Waals surface area contributed by atoms with Crippen LogP contribution in [0.1, 0.15) is 39.0 Å². The van der Waals surface area contributed by atoms with Crippen molar-refractivity contribution in [3.8, 4) is 0 Å². The van der Waals surface area contributed by atoms with Crippen LogP contribution in [-0.4, -0.2) is 19.0 Å². The minimum atomic E-state index is -0.289. The molecule has 4 heteroatoms. The van der Waals surface area contributed by atoms with Gasteiger partial charge in [-0.2, -0.15) is 0 Å². The highest BCUT2D eigenvalue weighted by Crippen LogP contribution is 2.30. The topological polar surface area (TPSA) is 52.6 Å². The zero-order valence-electron chi connectivity index (χ0n) is 9.17. The molecule has 0 aromatic heterocycles. The number of carbonyl (C=O) groups excluding carboxylic acids is 2. The maximum absolute atomic E-state index is 10.9. The molecule has 0 atom stereocenters. The third kappa shape index (κ3) is 3.73. The number of ether oxygens (including phenoxy) is 2. The maximum Gasteiger partial charge on any atom is 0.307 e. The van der Waals surface area contributed by atoms with Crippen LogP contribution in [0.15, 0.2) is 11.3 Å². The Hall–Kier alpha value is -1.32. The third-order valence-electron chi connectivity index (χ3n) is 2.40. The van der Waals surface area contributed by atoms with Gasteiger partial charge in [-0.25, -0.2) is 0 Å². The molecule has 0 spiro atoms. The van der Waals surface area contributed by atoms with Gasteiger partial charge < -0.3 is 9.47 Å². The van der Waals surface area contributed by atoms with Crippen molar-refractivity contribution in [1.29, 1.82) is 0 Å². The van der Waals surface area contributed by atoms with Gasteiger partial charge in [-0.1, -0.05) is 0 Å². The third-order valence-corrected chi connectivity index (χ3v) is 2.40. The van der Waals surface area contributed by atoms with Gasteiger partial charge in [-0.15, -0.1) is 0 Å². The molecule has 15 heavy (non-hydrogen) atoms. The summed E-state index contributed by atoms with van der Waals surface area (Å²) in [5.74, 6) is 0.241. The summed E-state index contributed by atoms with van der Waals surface area (Å²) < 4.78 is 9.64. The van der Waals surface area contributed by atoms with Crippen molar-refractivity contribution in [1.82, 2.24) is 0 Å². The van der Waals surface area contributed by atoms with Crippen molar-refractivity contribution in [3.63, 3.8) is 0 Å². The molecule has 0 saturated heterocycles. The first-order chi connectivity index (χ1) is 7.13. The normalized spacial score (nSPS) is 15.3. The van der Waals surface area contributed by atoms with Crippen LogP contribution in [0.25, 0.3) is 0 Å². The highest BCUT2D eigenvalue weighted by molar-refractivity contribution is 5.70. The molecule has 0 radical (unpaired) electrons. The van der Waals surface area contributed by atoms with E-state index in [9.17, 15) is 9.59 Å². The fourth-order valence-electron chi connectivity index (χ4n) is 1.69. The van der Waals surface area contributed by atoms with E-state index in [0.29, 0.717) is 12.8 Å². The summed E-state index contributed by atoms with van der Waals surface area (Å²) in [6.07, 6.45) is 3.71. The van der Waals surface area contributed by atoms with Gasteiger partial charge in [0.25, 0.3) is 0 Å². The Morgan fingerprint density at radius 1 is 1.33 bits per heavy atom. The minimum absolute atomic E-state index is 0.225. The Morgan fingerprint density at radius 3 is 2.67 bits per heavy atom. The summed E-state index contributed by atoms with van der Waals surface area (Å²) in [4.78, 5) is 21.7. The van der Waals surface area contributed by atoms with Crippen LogP contribution in [0.3, 0.4) is 0 Å². The molecule has 0 bridgehead atoms. The van der Waals surface area contributed by atoms with Crippen LogP contribution in [0.2, 0.25) is 0 Å². The van der Waals surface area contributed by atoms with Crippen LogP contribution in [0, 0.1) is 0 Å². The summed E-state index contributed by atoms with van der Waals surface area (Å²) in [6.45, 7) is 1.39. The predicted molar refractivity (Wildman–Crippen MR) is 53.9 cm³/mol. The Kier molecular flexibility index (Phi) is 4.34. The molecule has 0 unspecified atom stereocenters. The fourth-order valence-corrected chi connectivity index (χ4v) is 1.69. The Labute approximate surface area is 89.2 Å². The number of hydrogen-bond acceptors (Lipinski definition) is 4. The van der Waals surface area contributed by atoms with Crippen molar-refractivity contribution in [2.45, 2.75) is 39.0 Å². The molecule has 84 valence electrons. The summed E-state index contributed by atoms with van der Waals surface area (Å²) in [6, 6.07) is 0. The molecule has 0 heterocycles. The molecule has 1 aliphatic rings. The molecule has 1 rings (SSSR count). The van der Waals surface area contributed by atoms with Gasteiger partial charge >= 0.3 is 11.9 Å². The molecule has 0 aromatic carbocycles. The smallest absolute Gasteiger partial charge is 0.307 e. The summed E-state index contributed by atoms with van der Waals surface area (Å²) >= 11 is 0. The molecular formula is C11H16O4. The van der Waals surface area contributed by atoms with Crippen molar-refractivity contribution in [2.75, 3.05) is 7.11 Å². The lowest BCUT2D eigenvalue weighted by Crippen LogP contribution is -2.02. The number of allylic oxidation sites excluding steroid dienone is 2. The van der Waals surface area contributed by atoms with Crippen molar-refractivity contribution < 1.29 is 19.1 Å². The summed E-state index contributed by atoms with van der Waals surface area (Å²) in [5, 5.41) is 0. The van der Waals surface area contributed by atoms with E-state index in [4.69, 9.17) is 4.74 Å². The Balaban J connectivity index is 2.50. The maximum atomic E-state index is 10.9. The van der Waals surface area contributed by atoms with Gasteiger partial charge in [-0.3, -0.25) is 9.59 Å². The first-order valence-corrected chi connectivity index (χ1v) is 5.09. The zero-order chi connectivity index (χ0) is 11.3. The Bertz CT molecular complexity index is 291. The minimum Gasteiger partial charge on any atom is -0.469 e. The fraction of sp³-hybridized carbons (Fsp3) is 0.636. The average Bonchev–Trinajstić information content (AvgIpc) is 2.61. The average molecular weight is 212 g/mol. The number of rotatable bonds is 4. The van der Waals surface area contributed by atoms with E-state index >= 15 is 0 Å². The van der Waals surface area contributed by atoms with Crippen LogP contribution >= 0.6 is 0 Å². The van der Waals surface area contributed by atoms with Gasteiger partial charge in [-0.05, 0) is 24.8 Å². The van der Waals surface area contributed by atoms with Crippen LogP contribution in [-0.2, 0) is 19.1 Å². The number of esters is 2. The van der Waals surface area contributed by atoms with E-state index in [1.165, 1.54) is 14.0 Å². The molecule has 4 nitrogen and oxygen atoms in total. The van der Waals surface area contributed by atoms with Crippen LogP contribution in [0.4, 0.5) is 0 Å². The number of methoxy groups -OCH3 is 1. The lowest BCUT2D eigenvalue weighted by Gasteiger charge is -2.06. The molecule has 0 amide bonds. The van der Waals surface area contributed by atoms with E-state index < -0.39 is 0 Å². The molecule has 0 fully saturated rings. The summed E-state index contributed by atoms with van der Waals surface area (Å²) in [5.41, 5.74) is 1.08. The number of hydrogen-bond donors (Lipinski definition) is 0. The first-order valence-electron chi connectivity index (χ1n) is 5.09. The lowest BCUT2D eigenvalue weighted by molar-refractivity contribution is -0.140. The quantitative estimate of drug-likeness (QED) is 0.668. The first kappa shape index (κ1) is 11.8. The molecule has 1 aliphatic carbocycles. The van der Waals surface area contributed by atoms with Gasteiger partial charge in [0.2, 0.25) is 0 Å². The SMILES string of the molecule is COC(=O)CCC1=C(OC(C)=O)CCC1. The highest BCUT2D eigenvalue weighted by atomic mass is 16.5. The lowest BCUT2D eigenvalue weighted by atomic mass is 10.1. The van der Waals surface area contributed by atoms with E-state index in [2.05, 4.69) is 4.74 Å². The van der Waals surface area contributed by atoms with Gasteiger partial charge in [0.05, 0.1) is 7.11 Å². The van der Waals surface area contributed by atoms with E-state index in [-0.39, 0.29) is 11.9 Å². The summed E-state index contributed by atoms with van der Waals surface area (Å²) in [7, 11) is 1.37. The monoisotopic (exact) mass is 212 g/mol. The van der Waals surface area contributed by atoms with Crippen molar-refractivity contribution >= 4 is 11.9 Å². The van der Waals surface area contributed by atoms with Gasteiger partial charge in [0.1, 0.15) is 5.76 Å². The van der Waals surface area contributed by atoms with E-state index in [1.54, 1.807) is 0 Å². The predicted octanol–water partition coefficient (Wildman–Crippen LogP) is 1.94. The number of carbonyl (C=O) groups is 2. The molecule has 0 N–H and O–H groups in total. The van der Waals surface area contributed by atoms with Gasteiger partial charge in [0, 0.05) is 19.8 Å².